The second-order valence-corrected chi connectivity index (χ2v) is 7.72. The van der Waals surface area contributed by atoms with E-state index >= 15 is 0 Å². The normalized spacial score (nSPS) is 18.8. The molecule has 2 aromatic carbocycles. The molecule has 0 saturated carbocycles. The van der Waals surface area contributed by atoms with Gasteiger partial charge in [0.25, 0.3) is 5.91 Å². The minimum absolute atomic E-state index is 0.0170. The first-order valence-electron chi connectivity index (χ1n) is 9.78. The van der Waals surface area contributed by atoms with E-state index in [1.165, 1.54) is 12.1 Å². The van der Waals surface area contributed by atoms with Crippen molar-refractivity contribution in [1.82, 2.24) is 9.80 Å². The summed E-state index contributed by atoms with van der Waals surface area (Å²) in [6, 6.07) is 13.6. The lowest BCUT2D eigenvalue weighted by Crippen LogP contribution is -2.40. The predicted molar refractivity (Wildman–Crippen MR) is 109 cm³/mol. The van der Waals surface area contributed by atoms with Crippen LogP contribution in [0.3, 0.4) is 0 Å². The van der Waals surface area contributed by atoms with Gasteiger partial charge in [-0.2, -0.15) is 0 Å². The molecule has 29 heavy (non-hydrogen) atoms. The SMILES string of the molecule is COc1cccc(C2CN(C(=O)c3ccccc3F)CC2C(=O)N(C)C(C)C)c1. The molecular weight excluding hydrogens is 371 g/mol. The van der Waals surface area contributed by atoms with E-state index in [9.17, 15) is 14.0 Å². The molecule has 1 fully saturated rings. The summed E-state index contributed by atoms with van der Waals surface area (Å²) in [7, 11) is 3.37. The number of nitrogens with zero attached hydrogens (tertiary/aromatic N) is 2. The van der Waals surface area contributed by atoms with E-state index in [1.807, 2.05) is 38.1 Å². The number of methoxy groups -OCH3 is 1. The fraction of sp³-hybridized carbons (Fsp3) is 0.391. The van der Waals surface area contributed by atoms with E-state index in [0.29, 0.717) is 12.3 Å². The van der Waals surface area contributed by atoms with Crippen molar-refractivity contribution in [3.8, 4) is 5.75 Å². The molecule has 6 heteroatoms. The summed E-state index contributed by atoms with van der Waals surface area (Å²) < 4.78 is 19.5. The number of carbonyl (C=O) groups excluding carboxylic acids is 2. The lowest BCUT2D eigenvalue weighted by atomic mass is 9.87. The molecule has 1 heterocycles. The number of hydrogen-bond donors (Lipinski definition) is 0. The van der Waals surface area contributed by atoms with Crippen molar-refractivity contribution in [3.63, 3.8) is 0 Å². The Kier molecular flexibility index (Phi) is 6.20. The highest BCUT2D eigenvalue weighted by atomic mass is 19.1. The summed E-state index contributed by atoms with van der Waals surface area (Å²) in [6.07, 6.45) is 0. The lowest BCUT2D eigenvalue weighted by Gasteiger charge is -2.27. The van der Waals surface area contributed by atoms with E-state index in [4.69, 9.17) is 4.74 Å². The van der Waals surface area contributed by atoms with E-state index < -0.39 is 17.6 Å². The van der Waals surface area contributed by atoms with Gasteiger partial charge in [0.1, 0.15) is 11.6 Å². The van der Waals surface area contributed by atoms with Crippen LogP contribution in [0.2, 0.25) is 0 Å². The number of carbonyl (C=O) groups is 2. The van der Waals surface area contributed by atoms with Gasteiger partial charge in [-0.15, -0.1) is 0 Å². The van der Waals surface area contributed by atoms with Crippen LogP contribution in [0, 0.1) is 11.7 Å². The highest BCUT2D eigenvalue weighted by molar-refractivity contribution is 5.95. The molecule has 0 radical (unpaired) electrons. The molecule has 0 aromatic heterocycles. The Morgan fingerprint density at radius 1 is 1.14 bits per heavy atom. The molecule has 0 aliphatic carbocycles. The fourth-order valence-electron chi connectivity index (χ4n) is 3.75. The first-order valence-corrected chi connectivity index (χ1v) is 9.78. The zero-order valence-electron chi connectivity index (χ0n) is 17.3. The number of benzene rings is 2. The Hall–Kier alpha value is -2.89. The Balaban J connectivity index is 1.94. The molecule has 1 saturated heterocycles. The second kappa shape index (κ2) is 8.64. The van der Waals surface area contributed by atoms with Crippen LogP contribution in [0.5, 0.6) is 5.75 Å². The number of amides is 2. The van der Waals surface area contributed by atoms with E-state index in [2.05, 4.69) is 0 Å². The monoisotopic (exact) mass is 398 g/mol. The first kappa shape index (κ1) is 20.8. The van der Waals surface area contributed by atoms with Gasteiger partial charge < -0.3 is 14.5 Å². The lowest BCUT2D eigenvalue weighted by molar-refractivity contribution is -0.135. The molecule has 0 N–H and O–H groups in total. The van der Waals surface area contributed by atoms with Crippen LogP contribution >= 0.6 is 0 Å². The van der Waals surface area contributed by atoms with E-state index in [-0.39, 0.29) is 30.0 Å². The standard InChI is InChI=1S/C23H27FN2O3/c1-15(2)25(3)22(27)20-14-26(23(28)18-10-5-6-11-21(18)24)13-19(20)16-8-7-9-17(12-16)29-4/h5-12,15,19-20H,13-14H2,1-4H3. The second-order valence-electron chi connectivity index (χ2n) is 7.72. The van der Waals surface area contributed by atoms with Gasteiger partial charge in [0, 0.05) is 32.1 Å². The third-order valence-electron chi connectivity index (χ3n) is 5.67. The molecule has 2 unspecified atom stereocenters. The van der Waals surface area contributed by atoms with Crippen molar-refractivity contribution in [2.75, 3.05) is 27.2 Å². The fourth-order valence-corrected chi connectivity index (χ4v) is 3.75. The predicted octanol–water partition coefficient (Wildman–Crippen LogP) is 3.56. The number of rotatable bonds is 5. The Morgan fingerprint density at radius 2 is 1.86 bits per heavy atom. The Morgan fingerprint density at radius 3 is 2.52 bits per heavy atom. The van der Waals surface area contributed by atoms with Crippen molar-refractivity contribution in [2.24, 2.45) is 5.92 Å². The van der Waals surface area contributed by atoms with Gasteiger partial charge in [-0.3, -0.25) is 9.59 Å². The summed E-state index contributed by atoms with van der Waals surface area (Å²) >= 11 is 0. The van der Waals surface area contributed by atoms with Crippen molar-refractivity contribution in [2.45, 2.75) is 25.8 Å². The summed E-state index contributed by atoms with van der Waals surface area (Å²) in [5.74, 6) is -0.843. The summed E-state index contributed by atoms with van der Waals surface area (Å²) in [5.41, 5.74) is 0.964. The molecule has 0 spiro atoms. The molecular formula is C23H27FN2O3. The number of ether oxygens (including phenoxy) is 1. The summed E-state index contributed by atoms with van der Waals surface area (Å²) in [5, 5.41) is 0. The van der Waals surface area contributed by atoms with Crippen molar-refractivity contribution in [3.05, 3.63) is 65.5 Å². The molecule has 1 aliphatic heterocycles. The molecule has 1 aliphatic rings. The summed E-state index contributed by atoms with van der Waals surface area (Å²) in [6.45, 7) is 4.51. The smallest absolute Gasteiger partial charge is 0.256 e. The molecule has 5 nitrogen and oxygen atoms in total. The van der Waals surface area contributed by atoms with E-state index in [1.54, 1.807) is 36.1 Å². The van der Waals surface area contributed by atoms with Crippen LogP contribution in [0.4, 0.5) is 4.39 Å². The maximum absolute atomic E-state index is 14.2. The molecule has 154 valence electrons. The van der Waals surface area contributed by atoms with Crippen LogP contribution in [0.1, 0.15) is 35.7 Å². The third-order valence-corrected chi connectivity index (χ3v) is 5.67. The first-order chi connectivity index (χ1) is 13.8. The van der Waals surface area contributed by atoms with E-state index in [0.717, 1.165) is 5.56 Å². The highest BCUT2D eigenvalue weighted by Gasteiger charge is 2.42. The van der Waals surface area contributed by atoms with Gasteiger partial charge in [-0.05, 0) is 43.7 Å². The molecule has 2 atom stereocenters. The van der Waals surface area contributed by atoms with Crippen molar-refractivity contribution in [1.29, 1.82) is 0 Å². The molecule has 3 rings (SSSR count). The van der Waals surface area contributed by atoms with Gasteiger partial charge in [0.2, 0.25) is 5.91 Å². The maximum Gasteiger partial charge on any atom is 0.256 e. The van der Waals surface area contributed by atoms with Gasteiger partial charge in [-0.1, -0.05) is 24.3 Å². The average molecular weight is 398 g/mol. The highest BCUT2D eigenvalue weighted by Crippen LogP contribution is 2.36. The largest absolute Gasteiger partial charge is 0.497 e. The topological polar surface area (TPSA) is 49.9 Å². The molecule has 0 bridgehead atoms. The van der Waals surface area contributed by atoms with Gasteiger partial charge in [0.15, 0.2) is 0 Å². The maximum atomic E-state index is 14.2. The van der Waals surface area contributed by atoms with Crippen LogP contribution < -0.4 is 4.74 Å². The van der Waals surface area contributed by atoms with Gasteiger partial charge in [0.05, 0.1) is 18.6 Å². The quantitative estimate of drug-likeness (QED) is 0.774. The number of hydrogen-bond acceptors (Lipinski definition) is 3. The zero-order chi connectivity index (χ0) is 21.1. The third kappa shape index (κ3) is 4.26. The van der Waals surface area contributed by atoms with Crippen LogP contribution in [-0.2, 0) is 4.79 Å². The Labute approximate surface area is 171 Å². The van der Waals surface area contributed by atoms with Crippen molar-refractivity contribution < 1.29 is 18.7 Å². The van der Waals surface area contributed by atoms with Crippen LogP contribution in [-0.4, -0.2) is 54.9 Å². The van der Waals surface area contributed by atoms with Gasteiger partial charge in [-0.25, -0.2) is 4.39 Å². The number of halogens is 1. The zero-order valence-corrected chi connectivity index (χ0v) is 17.3. The minimum Gasteiger partial charge on any atom is -0.497 e. The summed E-state index contributed by atoms with van der Waals surface area (Å²) in [4.78, 5) is 29.4. The van der Waals surface area contributed by atoms with Gasteiger partial charge >= 0.3 is 0 Å². The minimum atomic E-state index is -0.551. The van der Waals surface area contributed by atoms with Crippen LogP contribution in [0.15, 0.2) is 48.5 Å². The molecule has 2 aromatic rings. The number of likely N-dealkylation sites (tertiary alicyclic amines) is 1. The van der Waals surface area contributed by atoms with Crippen molar-refractivity contribution >= 4 is 11.8 Å². The molecule has 2 amide bonds. The van der Waals surface area contributed by atoms with Crippen LogP contribution in [0.25, 0.3) is 0 Å². The Bertz CT molecular complexity index is 899. The average Bonchev–Trinajstić information content (AvgIpc) is 3.18.